The Kier molecular flexibility index (Phi) is 3.15. The number of hydrogen-bond acceptors (Lipinski definition) is 4. The van der Waals surface area contributed by atoms with Crippen molar-refractivity contribution in [3.63, 3.8) is 0 Å². The van der Waals surface area contributed by atoms with E-state index in [1.807, 2.05) is 5.32 Å². The summed E-state index contributed by atoms with van der Waals surface area (Å²) >= 11 is 0. The van der Waals surface area contributed by atoms with E-state index in [2.05, 4.69) is 0 Å². The molecule has 0 aliphatic carbocycles. The van der Waals surface area contributed by atoms with Gasteiger partial charge in [-0.2, -0.15) is 0 Å². The molecule has 0 radical (unpaired) electrons. The Balaban J connectivity index is 3.14. The lowest BCUT2D eigenvalue weighted by atomic mass is 10.1. The summed E-state index contributed by atoms with van der Waals surface area (Å²) in [6.07, 6.45) is -0.901. The number of hydrogen-bond donors (Lipinski definition) is 4. The molecule has 0 bridgehead atoms. The van der Waals surface area contributed by atoms with Crippen molar-refractivity contribution >= 4 is 23.5 Å². The number of nitrogens with two attached hydrogens (primary N) is 1. The molecule has 7 heteroatoms. The number of benzene rings is 1. The lowest BCUT2D eigenvalue weighted by molar-refractivity contribution is -0.140. The Labute approximate surface area is 114 Å². The number of nitrogens with one attached hydrogen (secondary N) is 1. The maximum Gasteiger partial charge on any atom is 0.326 e. The van der Waals surface area contributed by atoms with Crippen molar-refractivity contribution in [1.82, 2.24) is 5.32 Å². The molecule has 7 nitrogen and oxygen atoms in total. The highest BCUT2D eigenvalue weighted by atomic mass is 16.4. The molecular weight excluding hydrogens is 252 g/mol. The molecule has 1 amide bonds. The predicted octanol–water partition coefficient (Wildman–Crippen LogP) is 0.317. The quantitative estimate of drug-likeness (QED) is 0.551. The number of carbonyl (C=O) groups is 3. The number of carboxylic acids is 2. The molecule has 0 heterocycles. The molecule has 0 saturated carbocycles. The minimum atomic E-state index is -1.54. The topological polar surface area (TPSA) is 130 Å². The standard InChI is InChI=1S/C12H14N2O5/c13-8-3-1-7(2-4-8)11(17)14-9(12(18)19)5-6-10(15)16/h1-4,9H,5-6,13H2,(H,14,17)(H,15,16)(H,18,19)/i1D,2D,3D,4D. The Morgan fingerprint density at radius 3 is 2.32 bits per heavy atom. The first-order valence-corrected chi connectivity index (χ1v) is 5.19. The highest BCUT2D eigenvalue weighted by molar-refractivity contribution is 5.96. The summed E-state index contributed by atoms with van der Waals surface area (Å²) in [6.45, 7) is 0. The van der Waals surface area contributed by atoms with Gasteiger partial charge >= 0.3 is 11.9 Å². The second kappa shape index (κ2) is 6.39. The van der Waals surface area contributed by atoms with Crippen LogP contribution in [-0.2, 0) is 9.59 Å². The van der Waals surface area contributed by atoms with E-state index in [-0.39, 0.29) is 0 Å². The van der Waals surface area contributed by atoms with Crippen LogP contribution in [0.4, 0.5) is 5.69 Å². The fourth-order valence-electron chi connectivity index (χ4n) is 1.19. The average Bonchev–Trinajstić information content (AvgIpc) is 2.47. The number of amides is 1. The summed E-state index contributed by atoms with van der Waals surface area (Å²) in [5.74, 6) is -3.88. The molecule has 0 spiro atoms. The molecule has 1 atom stereocenters. The largest absolute Gasteiger partial charge is 0.481 e. The number of carboxylic acid groups (broad SMARTS) is 2. The van der Waals surface area contributed by atoms with E-state index in [4.69, 9.17) is 21.4 Å². The Morgan fingerprint density at radius 1 is 1.26 bits per heavy atom. The van der Waals surface area contributed by atoms with Gasteiger partial charge < -0.3 is 21.3 Å². The number of rotatable bonds is 6. The molecule has 0 aliphatic heterocycles. The summed E-state index contributed by atoms with van der Waals surface area (Å²) in [7, 11) is 0. The minimum absolute atomic E-state index is 0.395. The number of anilines is 1. The van der Waals surface area contributed by atoms with E-state index in [0.717, 1.165) is 0 Å². The highest BCUT2D eigenvalue weighted by Gasteiger charge is 2.21. The first-order chi connectivity index (χ1) is 10.6. The minimum Gasteiger partial charge on any atom is -0.481 e. The van der Waals surface area contributed by atoms with Crippen LogP contribution in [0.5, 0.6) is 0 Å². The van der Waals surface area contributed by atoms with Crippen molar-refractivity contribution in [2.75, 3.05) is 5.73 Å². The van der Waals surface area contributed by atoms with Crippen molar-refractivity contribution in [1.29, 1.82) is 0 Å². The molecule has 1 aromatic carbocycles. The van der Waals surface area contributed by atoms with Gasteiger partial charge in [-0.05, 0) is 30.6 Å². The monoisotopic (exact) mass is 270 g/mol. The van der Waals surface area contributed by atoms with Crippen LogP contribution in [-0.4, -0.2) is 34.1 Å². The number of aliphatic carboxylic acids is 2. The third-order valence-corrected chi connectivity index (χ3v) is 2.12. The molecule has 1 aromatic rings. The van der Waals surface area contributed by atoms with Crippen LogP contribution in [0.1, 0.15) is 28.7 Å². The summed E-state index contributed by atoms with van der Waals surface area (Å²) in [5, 5.41) is 19.5. The lowest BCUT2D eigenvalue weighted by Gasteiger charge is -2.13. The van der Waals surface area contributed by atoms with E-state index < -0.39 is 72.1 Å². The third-order valence-electron chi connectivity index (χ3n) is 2.12. The van der Waals surface area contributed by atoms with Crippen LogP contribution < -0.4 is 11.1 Å². The number of carbonyl (C=O) groups excluding carboxylic acids is 1. The molecule has 102 valence electrons. The third kappa shape index (κ3) is 4.66. The van der Waals surface area contributed by atoms with E-state index >= 15 is 0 Å². The van der Waals surface area contributed by atoms with E-state index in [0.29, 0.717) is 0 Å². The van der Waals surface area contributed by atoms with Crippen molar-refractivity contribution in [2.24, 2.45) is 0 Å². The van der Waals surface area contributed by atoms with Gasteiger partial charge in [0, 0.05) is 17.7 Å². The SMILES string of the molecule is [2H]c1c([2H])c(C(=O)NC(CCC(=O)O)C(=O)O)c([2H])c([2H])c1N. The van der Waals surface area contributed by atoms with Crippen LogP contribution in [0.15, 0.2) is 24.2 Å². The highest BCUT2D eigenvalue weighted by Crippen LogP contribution is 2.06. The van der Waals surface area contributed by atoms with Gasteiger partial charge in [-0.1, -0.05) is 0 Å². The molecule has 0 aromatic heterocycles. The van der Waals surface area contributed by atoms with Crippen LogP contribution in [0, 0.1) is 0 Å². The van der Waals surface area contributed by atoms with Crippen LogP contribution >= 0.6 is 0 Å². The first-order valence-electron chi connectivity index (χ1n) is 7.19. The molecule has 0 fully saturated rings. The van der Waals surface area contributed by atoms with Crippen molar-refractivity contribution in [2.45, 2.75) is 18.9 Å². The van der Waals surface area contributed by atoms with Gasteiger partial charge in [-0.3, -0.25) is 9.59 Å². The van der Waals surface area contributed by atoms with Crippen molar-refractivity contribution in [3.05, 3.63) is 29.7 Å². The van der Waals surface area contributed by atoms with Crippen LogP contribution in [0.25, 0.3) is 0 Å². The maximum atomic E-state index is 12.1. The van der Waals surface area contributed by atoms with Gasteiger partial charge in [-0.15, -0.1) is 0 Å². The maximum absolute atomic E-state index is 12.1. The lowest BCUT2D eigenvalue weighted by Crippen LogP contribution is -2.41. The molecule has 1 rings (SSSR count). The number of nitrogen functional groups attached to an aromatic ring is 1. The summed E-state index contributed by atoms with van der Waals surface area (Å²) < 4.78 is 30.4. The van der Waals surface area contributed by atoms with Crippen molar-refractivity contribution in [3.8, 4) is 0 Å². The van der Waals surface area contributed by atoms with Crippen LogP contribution in [0.2, 0.25) is 0 Å². The summed E-state index contributed by atoms with van der Waals surface area (Å²) in [6, 6.07) is -4.19. The second-order valence-corrected chi connectivity index (χ2v) is 3.59. The summed E-state index contributed by atoms with van der Waals surface area (Å²) in [4.78, 5) is 33.6. The van der Waals surface area contributed by atoms with Crippen molar-refractivity contribution < 1.29 is 30.1 Å². The molecule has 19 heavy (non-hydrogen) atoms. The Morgan fingerprint density at radius 2 is 1.84 bits per heavy atom. The Bertz CT molecular complexity index is 651. The van der Waals surface area contributed by atoms with Gasteiger partial charge in [0.15, 0.2) is 0 Å². The zero-order valence-corrected chi connectivity index (χ0v) is 9.69. The first kappa shape index (κ1) is 9.37. The Hall–Kier alpha value is -2.57. The van der Waals surface area contributed by atoms with Gasteiger partial charge in [0.2, 0.25) is 0 Å². The van der Waals surface area contributed by atoms with Gasteiger partial charge in [0.05, 0.1) is 5.48 Å². The summed E-state index contributed by atoms with van der Waals surface area (Å²) in [5.41, 5.74) is 4.29. The van der Waals surface area contributed by atoms with E-state index in [9.17, 15) is 14.4 Å². The van der Waals surface area contributed by atoms with Gasteiger partial charge in [0.25, 0.3) is 5.91 Å². The fourth-order valence-corrected chi connectivity index (χ4v) is 1.19. The van der Waals surface area contributed by atoms with E-state index in [1.54, 1.807) is 0 Å². The second-order valence-electron chi connectivity index (χ2n) is 3.59. The molecule has 5 N–H and O–H groups in total. The average molecular weight is 270 g/mol. The molecule has 0 aliphatic rings. The zero-order valence-electron chi connectivity index (χ0n) is 13.7. The molecular formula is C12H14N2O5. The van der Waals surface area contributed by atoms with Gasteiger partial charge in [-0.25, -0.2) is 4.79 Å². The predicted molar refractivity (Wildman–Crippen MR) is 66.6 cm³/mol. The zero-order chi connectivity index (χ0) is 17.9. The fraction of sp³-hybridized carbons (Fsp3) is 0.250. The van der Waals surface area contributed by atoms with Gasteiger partial charge in [0.1, 0.15) is 6.04 Å². The molecule has 1 unspecified atom stereocenters. The van der Waals surface area contributed by atoms with E-state index in [1.165, 1.54) is 0 Å². The van der Waals surface area contributed by atoms with Crippen LogP contribution in [0.3, 0.4) is 0 Å². The normalized spacial score (nSPS) is 14.5. The molecule has 0 saturated heterocycles. The smallest absolute Gasteiger partial charge is 0.326 e.